The van der Waals surface area contributed by atoms with Crippen molar-refractivity contribution in [2.45, 2.75) is 20.8 Å². The molecule has 0 radical (unpaired) electrons. The number of para-hydroxylation sites is 1. The predicted molar refractivity (Wildman–Crippen MR) is 91.9 cm³/mol. The second-order valence-electron chi connectivity index (χ2n) is 5.40. The Balaban J connectivity index is -0.000000303. The van der Waals surface area contributed by atoms with Gasteiger partial charge in [-0.1, -0.05) is 89.5 Å². The molecule has 3 aromatic carbocycles. The van der Waals surface area contributed by atoms with Crippen LogP contribution in [-0.2, 0) is 0 Å². The minimum Gasteiger partial charge on any atom is -0.872 e. The zero-order valence-electron chi connectivity index (χ0n) is 17.2. The van der Waals surface area contributed by atoms with Crippen LogP contribution < -0.4 is 71.9 Å². The molecule has 0 aliphatic carbocycles. The van der Waals surface area contributed by atoms with Crippen LogP contribution in [-0.4, -0.2) is 0 Å². The van der Waals surface area contributed by atoms with Crippen molar-refractivity contribution in [3.8, 4) is 17.2 Å². The maximum atomic E-state index is 10.6. The molecule has 0 aliphatic rings. The molecule has 0 aliphatic heterocycles. The maximum absolute atomic E-state index is 10.6. The molecule has 0 atom stereocenters. The van der Waals surface area contributed by atoms with E-state index in [9.17, 15) is 15.3 Å². The van der Waals surface area contributed by atoms with Crippen molar-refractivity contribution >= 4 is 0 Å². The monoisotopic (exact) mass is 342 g/mol. The second kappa shape index (κ2) is 17.0. The van der Waals surface area contributed by atoms with Crippen LogP contribution in [0.1, 0.15) is 16.7 Å². The summed E-state index contributed by atoms with van der Waals surface area (Å²) in [5, 5.41) is 31.5. The molecule has 0 fully saturated rings. The Morgan fingerprint density at radius 2 is 1.07 bits per heavy atom. The van der Waals surface area contributed by atoms with E-state index in [0.717, 1.165) is 16.7 Å². The van der Waals surface area contributed by atoms with Gasteiger partial charge < -0.3 is 15.3 Å². The van der Waals surface area contributed by atoms with E-state index in [-0.39, 0.29) is 73.8 Å². The molecule has 0 unspecified atom stereocenters. The largest absolute Gasteiger partial charge is 1.00 e. The molecular formula is C21H21Li3O3. The molecule has 126 valence electrons. The van der Waals surface area contributed by atoms with Gasteiger partial charge in [-0.05, 0) is 20.8 Å². The standard InChI is InChI=1S/3C7H8O.3Li/c1-6-2-4-7(8)5-3-6;1-6-3-2-4-7(8)5-6;1-6-4-2-3-5-7(6)8;;;/h3*2-5,8H,1H3;;;/q;;;3*+1/p-3. The number of hydrogen-bond donors (Lipinski definition) is 0. The third kappa shape index (κ3) is 14.6. The summed E-state index contributed by atoms with van der Waals surface area (Å²) in [5.41, 5.74) is 2.97. The Hall–Kier alpha value is -1.15. The molecule has 0 bridgehead atoms. The maximum Gasteiger partial charge on any atom is 1.00 e. The Bertz CT molecular complexity index is 688. The first-order valence-electron chi connectivity index (χ1n) is 7.58. The summed E-state index contributed by atoms with van der Waals surface area (Å²) in [4.78, 5) is 0. The smallest absolute Gasteiger partial charge is 0.872 e. The quantitative estimate of drug-likeness (QED) is 0.382. The van der Waals surface area contributed by atoms with Crippen LogP contribution >= 0.6 is 0 Å². The van der Waals surface area contributed by atoms with Crippen molar-refractivity contribution in [3.05, 3.63) is 89.5 Å². The summed E-state index contributed by atoms with van der Waals surface area (Å²) in [6, 6.07) is 20.5. The first-order valence-corrected chi connectivity index (χ1v) is 7.58. The van der Waals surface area contributed by atoms with Gasteiger partial charge in [0.1, 0.15) is 0 Å². The zero-order chi connectivity index (χ0) is 17.9. The molecule has 27 heavy (non-hydrogen) atoms. The minimum absolute atomic E-state index is 0. The van der Waals surface area contributed by atoms with Gasteiger partial charge in [-0.3, -0.25) is 0 Å². The normalized spacial score (nSPS) is 8.11. The number of hydrogen-bond acceptors (Lipinski definition) is 3. The first kappa shape index (κ1) is 30.6. The van der Waals surface area contributed by atoms with Crippen LogP contribution in [0, 0.1) is 20.8 Å². The summed E-state index contributed by atoms with van der Waals surface area (Å²) >= 11 is 0. The molecule has 0 heterocycles. The molecule has 0 amide bonds. The van der Waals surface area contributed by atoms with Gasteiger partial charge in [0.05, 0.1) is 0 Å². The van der Waals surface area contributed by atoms with E-state index in [4.69, 9.17) is 0 Å². The van der Waals surface area contributed by atoms with E-state index in [1.807, 2.05) is 51.1 Å². The average Bonchev–Trinajstić information content (AvgIpc) is 2.54. The molecule has 3 aromatic rings. The van der Waals surface area contributed by atoms with Crippen LogP contribution in [0.25, 0.3) is 0 Å². The summed E-state index contributed by atoms with van der Waals surface area (Å²) in [6.45, 7) is 5.67. The van der Waals surface area contributed by atoms with Gasteiger partial charge in [0, 0.05) is 0 Å². The third-order valence-electron chi connectivity index (χ3n) is 3.10. The topological polar surface area (TPSA) is 69.2 Å². The van der Waals surface area contributed by atoms with E-state index in [1.165, 1.54) is 0 Å². The van der Waals surface area contributed by atoms with E-state index in [1.54, 1.807) is 42.5 Å². The summed E-state index contributed by atoms with van der Waals surface area (Å²) in [7, 11) is 0. The van der Waals surface area contributed by atoms with Crippen molar-refractivity contribution < 1.29 is 71.9 Å². The van der Waals surface area contributed by atoms with Gasteiger partial charge in [0.15, 0.2) is 0 Å². The molecule has 3 nitrogen and oxygen atoms in total. The van der Waals surface area contributed by atoms with Gasteiger partial charge in [0.2, 0.25) is 0 Å². The number of benzene rings is 3. The summed E-state index contributed by atoms with van der Waals surface area (Å²) < 4.78 is 0. The molecule has 0 spiro atoms. The van der Waals surface area contributed by atoms with Crippen molar-refractivity contribution in [1.29, 1.82) is 0 Å². The van der Waals surface area contributed by atoms with E-state index in [2.05, 4.69) is 0 Å². The summed E-state index contributed by atoms with van der Waals surface area (Å²) in [6.07, 6.45) is 0. The van der Waals surface area contributed by atoms with Gasteiger partial charge >= 0.3 is 56.6 Å². The molecule has 0 aromatic heterocycles. The van der Waals surface area contributed by atoms with Crippen molar-refractivity contribution in [2.24, 2.45) is 0 Å². The zero-order valence-corrected chi connectivity index (χ0v) is 17.2. The van der Waals surface area contributed by atoms with Crippen molar-refractivity contribution in [2.75, 3.05) is 0 Å². The molecule has 0 saturated carbocycles. The van der Waals surface area contributed by atoms with E-state index < -0.39 is 0 Å². The fraction of sp³-hybridized carbons (Fsp3) is 0.143. The Morgan fingerprint density at radius 3 is 1.41 bits per heavy atom. The van der Waals surface area contributed by atoms with Crippen LogP contribution in [0.2, 0.25) is 0 Å². The SMILES string of the molecule is Cc1ccc([O-])cc1.Cc1cccc([O-])c1.Cc1ccccc1[O-].[Li+].[Li+].[Li+]. The fourth-order valence-corrected chi connectivity index (χ4v) is 1.71. The van der Waals surface area contributed by atoms with Gasteiger partial charge in [0.25, 0.3) is 0 Å². The average molecular weight is 342 g/mol. The summed E-state index contributed by atoms with van der Waals surface area (Å²) in [5.74, 6) is 0.285. The van der Waals surface area contributed by atoms with E-state index in [0.29, 0.717) is 0 Å². The third-order valence-corrected chi connectivity index (χ3v) is 3.10. The number of rotatable bonds is 0. The Morgan fingerprint density at radius 1 is 0.519 bits per heavy atom. The Labute approximate surface area is 198 Å². The molecular weight excluding hydrogens is 321 g/mol. The molecule has 0 N–H and O–H groups in total. The van der Waals surface area contributed by atoms with E-state index >= 15 is 0 Å². The predicted octanol–water partition coefficient (Wildman–Crippen LogP) is -5.78. The van der Waals surface area contributed by atoms with Crippen molar-refractivity contribution in [3.63, 3.8) is 0 Å². The second-order valence-corrected chi connectivity index (χ2v) is 5.40. The molecule has 6 heteroatoms. The van der Waals surface area contributed by atoms with Gasteiger partial charge in [-0.25, -0.2) is 0 Å². The Kier molecular flexibility index (Phi) is 19.2. The first-order chi connectivity index (χ1) is 11.4. The molecule has 3 rings (SSSR count). The van der Waals surface area contributed by atoms with Crippen molar-refractivity contribution in [1.82, 2.24) is 0 Å². The molecule has 0 saturated heterocycles. The van der Waals surface area contributed by atoms with Crippen LogP contribution in [0.5, 0.6) is 17.2 Å². The van der Waals surface area contributed by atoms with Gasteiger partial charge in [-0.2, -0.15) is 0 Å². The van der Waals surface area contributed by atoms with Crippen LogP contribution in [0.3, 0.4) is 0 Å². The van der Waals surface area contributed by atoms with Crippen LogP contribution in [0.4, 0.5) is 0 Å². The van der Waals surface area contributed by atoms with Crippen LogP contribution in [0.15, 0.2) is 72.8 Å². The van der Waals surface area contributed by atoms with Gasteiger partial charge in [-0.15, -0.1) is 17.2 Å². The fourth-order valence-electron chi connectivity index (χ4n) is 1.71. The minimum atomic E-state index is 0. The number of aryl methyl sites for hydroxylation is 3.